The number of methoxy groups -OCH3 is 1. The van der Waals surface area contributed by atoms with Gasteiger partial charge in [-0.3, -0.25) is 4.79 Å². The van der Waals surface area contributed by atoms with E-state index in [1.54, 1.807) is 0 Å². The zero-order valence-electron chi connectivity index (χ0n) is 11.0. The fourth-order valence-corrected chi connectivity index (χ4v) is 1.77. The van der Waals surface area contributed by atoms with Crippen molar-refractivity contribution in [1.82, 2.24) is 0 Å². The van der Waals surface area contributed by atoms with Crippen molar-refractivity contribution in [3.8, 4) is 0 Å². The normalized spacial score (nSPS) is 14.1. The second-order valence-electron chi connectivity index (χ2n) is 4.20. The Bertz CT molecular complexity index is 594. The maximum Gasteiger partial charge on any atom is 0.428 e. The van der Waals surface area contributed by atoms with Crippen molar-refractivity contribution in [1.29, 1.82) is 0 Å². The van der Waals surface area contributed by atoms with Crippen LogP contribution >= 0.6 is 23.2 Å². The summed E-state index contributed by atoms with van der Waals surface area (Å²) in [6.07, 6.45) is -6.95. The first-order valence-electron chi connectivity index (χ1n) is 5.63. The Hall–Kier alpha value is -1.51. The number of rotatable bonds is 4. The van der Waals surface area contributed by atoms with Crippen molar-refractivity contribution in [2.24, 2.45) is 0 Å². The summed E-state index contributed by atoms with van der Waals surface area (Å²) < 4.78 is 42.3. The van der Waals surface area contributed by atoms with Gasteiger partial charge in [-0.2, -0.15) is 13.2 Å². The van der Waals surface area contributed by atoms with Crippen molar-refractivity contribution < 1.29 is 32.6 Å². The lowest BCUT2D eigenvalue weighted by Gasteiger charge is -2.26. The lowest BCUT2D eigenvalue weighted by atomic mass is 9.98. The number of hydrogen-bond acceptors (Lipinski definition) is 4. The number of benzene rings is 1. The summed E-state index contributed by atoms with van der Waals surface area (Å²) in [6, 6.07) is 3.80. The van der Waals surface area contributed by atoms with Crippen LogP contribution in [0.4, 0.5) is 18.9 Å². The first-order chi connectivity index (χ1) is 10.0. The molecule has 0 saturated heterocycles. The molecule has 0 bridgehead atoms. The number of nitrogens with one attached hydrogen (secondary N) is 1. The van der Waals surface area contributed by atoms with E-state index < -0.39 is 30.1 Å². The predicted molar refractivity (Wildman–Crippen MR) is 72.7 cm³/mol. The Labute approximate surface area is 133 Å². The topological polar surface area (TPSA) is 75.6 Å². The molecular formula is C12H10Cl2F3NO4. The molecule has 1 aromatic carbocycles. The van der Waals surface area contributed by atoms with Gasteiger partial charge in [0.1, 0.15) is 0 Å². The molecule has 0 fully saturated rings. The molecule has 0 aliphatic carbocycles. The van der Waals surface area contributed by atoms with E-state index in [0.717, 1.165) is 0 Å². The average Bonchev–Trinajstić information content (AvgIpc) is 2.40. The molecule has 122 valence electrons. The molecule has 0 radical (unpaired) electrons. The second-order valence-corrected chi connectivity index (χ2v) is 5.02. The van der Waals surface area contributed by atoms with Gasteiger partial charge in [-0.1, -0.05) is 23.2 Å². The van der Waals surface area contributed by atoms with E-state index >= 15 is 0 Å². The minimum absolute atomic E-state index is 0.0498. The monoisotopic (exact) mass is 359 g/mol. The van der Waals surface area contributed by atoms with E-state index in [1.165, 1.54) is 18.2 Å². The molecule has 1 unspecified atom stereocenters. The minimum Gasteiger partial charge on any atom is -0.467 e. The molecule has 1 amide bonds. The van der Waals surface area contributed by atoms with Gasteiger partial charge < -0.3 is 15.2 Å². The van der Waals surface area contributed by atoms with Gasteiger partial charge in [-0.05, 0) is 18.2 Å². The van der Waals surface area contributed by atoms with Crippen LogP contribution in [0.2, 0.25) is 10.0 Å². The summed E-state index contributed by atoms with van der Waals surface area (Å²) in [4.78, 5) is 22.8. The van der Waals surface area contributed by atoms with Crippen LogP contribution in [-0.4, -0.2) is 35.9 Å². The van der Waals surface area contributed by atoms with E-state index in [2.05, 4.69) is 10.1 Å². The number of alkyl halides is 3. The van der Waals surface area contributed by atoms with E-state index in [0.29, 0.717) is 7.11 Å². The highest BCUT2D eigenvalue weighted by atomic mass is 35.5. The molecule has 22 heavy (non-hydrogen) atoms. The third kappa shape index (κ3) is 4.02. The summed E-state index contributed by atoms with van der Waals surface area (Å²) >= 11 is 11.3. The maximum absolute atomic E-state index is 12.8. The minimum atomic E-state index is -5.38. The number of halogens is 5. The molecule has 0 spiro atoms. The van der Waals surface area contributed by atoms with Crippen molar-refractivity contribution in [3.63, 3.8) is 0 Å². The van der Waals surface area contributed by atoms with Crippen LogP contribution < -0.4 is 5.32 Å². The van der Waals surface area contributed by atoms with Crippen LogP contribution in [0.5, 0.6) is 0 Å². The van der Waals surface area contributed by atoms with Crippen LogP contribution in [0.1, 0.15) is 6.42 Å². The molecule has 0 aromatic heterocycles. The van der Waals surface area contributed by atoms with Crippen LogP contribution in [0.15, 0.2) is 18.2 Å². The summed E-state index contributed by atoms with van der Waals surface area (Å²) in [7, 11) is 0.663. The summed E-state index contributed by atoms with van der Waals surface area (Å²) in [5.74, 6) is -3.24. The Kier molecular flexibility index (Phi) is 5.66. The van der Waals surface area contributed by atoms with Gasteiger partial charge in [-0.25, -0.2) is 4.79 Å². The number of ether oxygens (including phenoxy) is 1. The Morgan fingerprint density at radius 3 is 2.32 bits per heavy atom. The highest BCUT2D eigenvalue weighted by Gasteiger charge is 2.61. The van der Waals surface area contributed by atoms with Gasteiger partial charge in [0, 0.05) is 5.69 Å². The fraction of sp³-hybridized carbons (Fsp3) is 0.333. The quantitative estimate of drug-likeness (QED) is 0.810. The lowest BCUT2D eigenvalue weighted by Crippen LogP contribution is -2.54. The molecule has 0 aliphatic heterocycles. The predicted octanol–water partition coefficient (Wildman–Crippen LogP) is 2.79. The molecule has 0 aliphatic rings. The molecule has 5 nitrogen and oxygen atoms in total. The van der Waals surface area contributed by atoms with Gasteiger partial charge in [0.15, 0.2) is 0 Å². The standard InChI is InChI=1S/C12H10Cl2F3NO4/c1-22-10(20)11(21,12(15,16)17)5-9(19)18-6-2-3-7(13)8(14)4-6/h2-4,21H,5H2,1H3,(H,18,19). The van der Waals surface area contributed by atoms with Gasteiger partial charge in [0.2, 0.25) is 5.91 Å². The highest BCUT2D eigenvalue weighted by Crippen LogP contribution is 2.34. The van der Waals surface area contributed by atoms with Crippen molar-refractivity contribution in [2.45, 2.75) is 18.2 Å². The second kappa shape index (κ2) is 6.72. The number of carbonyl (C=O) groups excluding carboxylic acids is 2. The number of carbonyl (C=O) groups is 2. The van der Waals surface area contributed by atoms with Crippen molar-refractivity contribution in [2.75, 3.05) is 12.4 Å². The maximum atomic E-state index is 12.8. The fourth-order valence-electron chi connectivity index (χ4n) is 1.47. The SMILES string of the molecule is COC(=O)C(O)(CC(=O)Nc1ccc(Cl)c(Cl)c1)C(F)(F)F. The van der Waals surface area contributed by atoms with E-state index in [1.807, 2.05) is 0 Å². The van der Waals surface area contributed by atoms with E-state index in [4.69, 9.17) is 23.2 Å². The Morgan fingerprint density at radius 1 is 1.27 bits per heavy atom. The summed E-state index contributed by atoms with van der Waals surface area (Å²) in [6.45, 7) is 0. The molecule has 1 rings (SSSR count). The third-order valence-electron chi connectivity index (χ3n) is 2.61. The van der Waals surface area contributed by atoms with Gasteiger partial charge >= 0.3 is 12.1 Å². The molecular weight excluding hydrogens is 350 g/mol. The van der Waals surface area contributed by atoms with Gasteiger partial charge in [-0.15, -0.1) is 0 Å². The number of aliphatic hydroxyl groups is 1. The van der Waals surface area contributed by atoms with Crippen molar-refractivity contribution >= 4 is 40.8 Å². The van der Waals surface area contributed by atoms with E-state index in [-0.39, 0.29) is 15.7 Å². The van der Waals surface area contributed by atoms with Gasteiger partial charge in [0.25, 0.3) is 5.60 Å². The Morgan fingerprint density at radius 2 is 1.86 bits per heavy atom. The van der Waals surface area contributed by atoms with E-state index in [9.17, 15) is 27.9 Å². The van der Waals surface area contributed by atoms with Gasteiger partial charge in [0.05, 0.1) is 23.6 Å². The van der Waals surface area contributed by atoms with Crippen LogP contribution in [0.3, 0.4) is 0 Å². The highest BCUT2D eigenvalue weighted by molar-refractivity contribution is 6.42. The summed E-state index contributed by atoms with van der Waals surface area (Å²) in [5, 5.41) is 11.8. The summed E-state index contributed by atoms with van der Waals surface area (Å²) in [5.41, 5.74) is -3.89. The molecule has 1 atom stereocenters. The van der Waals surface area contributed by atoms with Crippen molar-refractivity contribution in [3.05, 3.63) is 28.2 Å². The smallest absolute Gasteiger partial charge is 0.428 e. The lowest BCUT2D eigenvalue weighted by molar-refractivity contribution is -0.261. The largest absolute Gasteiger partial charge is 0.467 e. The van der Waals surface area contributed by atoms with Crippen LogP contribution in [0.25, 0.3) is 0 Å². The first-order valence-corrected chi connectivity index (χ1v) is 6.39. The van der Waals surface area contributed by atoms with Crippen LogP contribution in [-0.2, 0) is 14.3 Å². The average molecular weight is 360 g/mol. The third-order valence-corrected chi connectivity index (χ3v) is 3.35. The molecule has 0 heterocycles. The Balaban J connectivity index is 2.93. The number of esters is 1. The number of anilines is 1. The molecule has 10 heteroatoms. The number of amides is 1. The molecule has 2 N–H and O–H groups in total. The molecule has 1 aromatic rings. The van der Waals surface area contributed by atoms with Crippen LogP contribution in [0, 0.1) is 0 Å². The molecule has 0 saturated carbocycles. The zero-order chi connectivity index (χ0) is 17.1. The number of hydrogen-bond donors (Lipinski definition) is 2. The first kappa shape index (κ1) is 18.5. The zero-order valence-corrected chi connectivity index (χ0v) is 12.5.